The molecular weight excluding hydrogens is 432 g/mol. The van der Waals surface area contributed by atoms with Crippen LogP contribution in [0.15, 0.2) is 42.5 Å². The van der Waals surface area contributed by atoms with Crippen LogP contribution in [0.3, 0.4) is 0 Å². The Morgan fingerprint density at radius 2 is 1.84 bits per heavy atom. The van der Waals surface area contributed by atoms with Crippen LogP contribution in [0, 0.1) is 17.0 Å². The third-order valence-electron chi connectivity index (χ3n) is 5.09. The van der Waals surface area contributed by atoms with Crippen LogP contribution in [-0.2, 0) is 4.74 Å². The molecule has 1 N–H and O–H groups in total. The first-order valence-electron chi connectivity index (χ1n) is 10.2. The highest BCUT2D eigenvalue weighted by atomic mass is 32.1. The van der Waals surface area contributed by atoms with E-state index >= 15 is 0 Å². The molecule has 2 aromatic carbocycles. The SMILES string of the molecule is CCOC(=O)c1ccc(N2CCN(C(=S)NC(=O)c3cccc(C)c3)CC2)c([N+](=O)[O-])c1. The van der Waals surface area contributed by atoms with Crippen molar-refractivity contribution < 1.29 is 19.2 Å². The number of carbonyl (C=O) groups is 2. The van der Waals surface area contributed by atoms with Gasteiger partial charge in [-0.2, -0.15) is 0 Å². The van der Waals surface area contributed by atoms with E-state index < -0.39 is 10.9 Å². The lowest BCUT2D eigenvalue weighted by Gasteiger charge is -2.37. The molecular formula is C22H24N4O5S. The van der Waals surface area contributed by atoms with Crippen LogP contribution >= 0.6 is 12.2 Å². The minimum Gasteiger partial charge on any atom is -0.462 e. The second-order valence-electron chi connectivity index (χ2n) is 7.28. The van der Waals surface area contributed by atoms with Gasteiger partial charge in [0, 0.05) is 37.8 Å². The van der Waals surface area contributed by atoms with Crippen molar-refractivity contribution in [3.05, 3.63) is 69.3 Å². The second kappa shape index (κ2) is 10.2. The van der Waals surface area contributed by atoms with Gasteiger partial charge in [0.15, 0.2) is 5.11 Å². The number of hydrogen-bond donors (Lipinski definition) is 1. The fourth-order valence-electron chi connectivity index (χ4n) is 3.46. The summed E-state index contributed by atoms with van der Waals surface area (Å²) < 4.78 is 4.93. The van der Waals surface area contributed by atoms with Crippen LogP contribution in [0.25, 0.3) is 0 Å². The number of benzene rings is 2. The Hall–Kier alpha value is -3.53. The molecule has 32 heavy (non-hydrogen) atoms. The van der Waals surface area contributed by atoms with Crippen molar-refractivity contribution >= 4 is 40.6 Å². The molecule has 1 fully saturated rings. The lowest BCUT2D eigenvalue weighted by molar-refractivity contribution is -0.384. The van der Waals surface area contributed by atoms with E-state index in [-0.39, 0.29) is 23.8 Å². The average molecular weight is 457 g/mol. The fraction of sp³-hybridized carbons (Fsp3) is 0.318. The summed E-state index contributed by atoms with van der Waals surface area (Å²) in [6.45, 7) is 5.70. The summed E-state index contributed by atoms with van der Waals surface area (Å²) in [6.07, 6.45) is 0. The average Bonchev–Trinajstić information content (AvgIpc) is 2.78. The Morgan fingerprint density at radius 3 is 2.47 bits per heavy atom. The zero-order valence-electron chi connectivity index (χ0n) is 17.9. The number of thiocarbonyl (C=S) groups is 1. The third-order valence-corrected chi connectivity index (χ3v) is 5.45. The summed E-state index contributed by atoms with van der Waals surface area (Å²) >= 11 is 5.39. The first-order chi connectivity index (χ1) is 15.3. The summed E-state index contributed by atoms with van der Waals surface area (Å²) in [5, 5.41) is 14.7. The second-order valence-corrected chi connectivity index (χ2v) is 7.67. The highest BCUT2D eigenvalue weighted by Crippen LogP contribution is 2.30. The van der Waals surface area contributed by atoms with Crippen molar-refractivity contribution in [3.63, 3.8) is 0 Å². The number of hydrogen-bond acceptors (Lipinski definition) is 7. The molecule has 168 valence electrons. The van der Waals surface area contributed by atoms with E-state index in [4.69, 9.17) is 17.0 Å². The molecule has 10 heteroatoms. The number of nitro benzene ring substituents is 1. The van der Waals surface area contributed by atoms with Crippen molar-refractivity contribution in [2.75, 3.05) is 37.7 Å². The molecule has 0 aromatic heterocycles. The van der Waals surface area contributed by atoms with Crippen molar-refractivity contribution in [2.24, 2.45) is 0 Å². The van der Waals surface area contributed by atoms with Gasteiger partial charge in [-0.25, -0.2) is 4.79 Å². The van der Waals surface area contributed by atoms with Gasteiger partial charge in [-0.05, 0) is 50.3 Å². The van der Waals surface area contributed by atoms with Crippen molar-refractivity contribution in [3.8, 4) is 0 Å². The molecule has 0 bridgehead atoms. The molecule has 1 saturated heterocycles. The maximum absolute atomic E-state index is 12.4. The summed E-state index contributed by atoms with van der Waals surface area (Å²) in [6, 6.07) is 11.6. The van der Waals surface area contributed by atoms with Crippen LogP contribution in [0.4, 0.5) is 11.4 Å². The minimum absolute atomic E-state index is 0.140. The van der Waals surface area contributed by atoms with E-state index in [0.717, 1.165) is 5.56 Å². The van der Waals surface area contributed by atoms with Crippen LogP contribution in [0.2, 0.25) is 0 Å². The topological polar surface area (TPSA) is 105 Å². The number of nitrogens with zero attached hydrogens (tertiary/aromatic N) is 3. The molecule has 0 atom stereocenters. The molecule has 1 heterocycles. The van der Waals surface area contributed by atoms with E-state index in [2.05, 4.69) is 5.32 Å². The van der Waals surface area contributed by atoms with E-state index in [1.165, 1.54) is 12.1 Å². The molecule has 2 aromatic rings. The highest BCUT2D eigenvalue weighted by molar-refractivity contribution is 7.80. The molecule has 0 aliphatic carbocycles. The van der Waals surface area contributed by atoms with Crippen LogP contribution in [0.5, 0.6) is 0 Å². The Kier molecular flexibility index (Phi) is 7.37. The number of aryl methyl sites for hydroxylation is 1. The normalized spacial score (nSPS) is 13.4. The number of piperazine rings is 1. The van der Waals surface area contributed by atoms with Gasteiger partial charge in [-0.3, -0.25) is 20.2 Å². The zero-order valence-corrected chi connectivity index (χ0v) is 18.7. The first-order valence-corrected chi connectivity index (χ1v) is 10.6. The van der Waals surface area contributed by atoms with Crippen molar-refractivity contribution in [2.45, 2.75) is 13.8 Å². The highest BCUT2D eigenvalue weighted by Gasteiger charge is 2.26. The first kappa shape index (κ1) is 23.1. The van der Waals surface area contributed by atoms with E-state index in [1.54, 1.807) is 25.1 Å². The molecule has 1 amide bonds. The molecule has 3 rings (SSSR count). The lowest BCUT2D eigenvalue weighted by atomic mass is 10.1. The van der Waals surface area contributed by atoms with Gasteiger partial charge in [0.1, 0.15) is 5.69 Å². The predicted molar refractivity (Wildman–Crippen MR) is 124 cm³/mol. The Labute approximate surface area is 191 Å². The smallest absolute Gasteiger partial charge is 0.338 e. The molecule has 0 spiro atoms. The van der Waals surface area contributed by atoms with Gasteiger partial charge in [0.2, 0.25) is 0 Å². The summed E-state index contributed by atoms with van der Waals surface area (Å²) in [5.74, 6) is -0.868. The van der Waals surface area contributed by atoms with E-state index in [1.807, 2.05) is 28.9 Å². The third kappa shape index (κ3) is 5.38. The van der Waals surface area contributed by atoms with Gasteiger partial charge < -0.3 is 14.5 Å². The van der Waals surface area contributed by atoms with Crippen LogP contribution < -0.4 is 10.2 Å². The zero-order chi connectivity index (χ0) is 23.3. The number of esters is 1. The summed E-state index contributed by atoms with van der Waals surface area (Å²) in [7, 11) is 0. The van der Waals surface area contributed by atoms with Gasteiger partial charge in [-0.15, -0.1) is 0 Å². The quantitative estimate of drug-likeness (QED) is 0.317. The van der Waals surface area contributed by atoms with E-state index in [0.29, 0.717) is 42.5 Å². The molecule has 1 aliphatic rings. The van der Waals surface area contributed by atoms with Gasteiger partial charge >= 0.3 is 5.97 Å². The maximum atomic E-state index is 12.4. The summed E-state index contributed by atoms with van der Waals surface area (Å²) in [5.41, 5.74) is 1.92. The molecule has 9 nitrogen and oxygen atoms in total. The molecule has 0 saturated carbocycles. The minimum atomic E-state index is -0.596. The Bertz CT molecular complexity index is 1050. The monoisotopic (exact) mass is 456 g/mol. The van der Waals surface area contributed by atoms with Crippen LogP contribution in [0.1, 0.15) is 33.2 Å². The number of nitro groups is 1. The molecule has 1 aliphatic heterocycles. The van der Waals surface area contributed by atoms with Crippen molar-refractivity contribution in [1.29, 1.82) is 0 Å². The van der Waals surface area contributed by atoms with Crippen molar-refractivity contribution in [1.82, 2.24) is 10.2 Å². The largest absolute Gasteiger partial charge is 0.462 e. The summed E-state index contributed by atoms with van der Waals surface area (Å²) in [4.78, 5) is 39.2. The number of rotatable bonds is 5. The number of ether oxygens (including phenoxy) is 1. The predicted octanol–water partition coefficient (Wildman–Crippen LogP) is 2.92. The van der Waals surface area contributed by atoms with E-state index in [9.17, 15) is 19.7 Å². The fourth-order valence-corrected chi connectivity index (χ4v) is 3.74. The van der Waals surface area contributed by atoms with Crippen LogP contribution in [-0.4, -0.2) is 59.6 Å². The Balaban J connectivity index is 1.65. The number of nitrogens with one attached hydrogen (secondary N) is 1. The maximum Gasteiger partial charge on any atom is 0.338 e. The lowest BCUT2D eigenvalue weighted by Crippen LogP contribution is -2.52. The number of carbonyl (C=O) groups excluding carboxylic acids is 2. The number of anilines is 1. The molecule has 0 radical (unpaired) electrons. The standard InChI is InChI=1S/C22H24N4O5S/c1-3-31-21(28)17-7-8-18(19(14-17)26(29)30)24-9-11-25(12-10-24)22(32)23-20(27)16-6-4-5-15(2)13-16/h4-8,13-14H,3,9-12H2,1-2H3,(H,23,27,32). The van der Waals surface area contributed by atoms with Gasteiger partial charge in [-0.1, -0.05) is 17.7 Å². The van der Waals surface area contributed by atoms with Gasteiger partial charge in [0.05, 0.1) is 17.1 Å². The number of amides is 1. The van der Waals surface area contributed by atoms with Gasteiger partial charge in [0.25, 0.3) is 11.6 Å². The molecule has 0 unspecified atom stereocenters. The Morgan fingerprint density at radius 1 is 1.12 bits per heavy atom.